The van der Waals surface area contributed by atoms with E-state index in [1.807, 2.05) is 6.08 Å². The number of allylic oxidation sites excluding steroid dienone is 21. The highest BCUT2D eigenvalue weighted by Crippen LogP contribution is 2.17. The molecule has 0 N–H and O–H groups in total. The molecular formula is C77H128O6. The zero-order valence-corrected chi connectivity index (χ0v) is 54.2. The molecule has 0 rings (SSSR count). The average Bonchev–Trinajstić information content (AvgIpc) is 3.49. The van der Waals surface area contributed by atoms with E-state index in [9.17, 15) is 14.4 Å². The average molecular weight is 1150 g/mol. The maximum atomic E-state index is 12.9. The molecule has 0 fully saturated rings. The van der Waals surface area contributed by atoms with E-state index in [4.69, 9.17) is 14.2 Å². The summed E-state index contributed by atoms with van der Waals surface area (Å²) >= 11 is 0. The first kappa shape index (κ1) is 78.5. The van der Waals surface area contributed by atoms with Gasteiger partial charge in [0.15, 0.2) is 6.10 Å². The third kappa shape index (κ3) is 68.2. The predicted molar refractivity (Wildman–Crippen MR) is 362 cm³/mol. The molecule has 1 atom stereocenters. The lowest BCUT2D eigenvalue weighted by molar-refractivity contribution is -0.166. The first-order valence-corrected chi connectivity index (χ1v) is 34.7. The lowest BCUT2D eigenvalue weighted by atomic mass is 10.0. The van der Waals surface area contributed by atoms with Crippen molar-refractivity contribution in [2.75, 3.05) is 13.2 Å². The zero-order valence-electron chi connectivity index (χ0n) is 54.2. The summed E-state index contributed by atoms with van der Waals surface area (Å²) in [6.45, 7) is 6.32. The van der Waals surface area contributed by atoms with E-state index in [2.05, 4.69) is 142 Å². The van der Waals surface area contributed by atoms with E-state index in [1.54, 1.807) is 6.08 Å². The molecule has 472 valence electrons. The number of hydrogen-bond donors (Lipinski definition) is 0. The SMILES string of the molecule is CC/C=C\C/C=C\C/C=C\C/C=C\C/C=C\CCCCCC(=O)OC(COC(=O)C/C=C\C/C=C\C/C=C\C/C=C\C/C=C\CC)COC(=O)CCCCCCCCCCCCCCCCCCCCC/C=C\CCCCCCCCCC. The van der Waals surface area contributed by atoms with Gasteiger partial charge in [-0.2, -0.15) is 0 Å². The topological polar surface area (TPSA) is 78.9 Å². The van der Waals surface area contributed by atoms with Crippen molar-refractivity contribution >= 4 is 17.9 Å². The molecule has 0 aromatic heterocycles. The maximum absolute atomic E-state index is 12.9. The lowest BCUT2D eigenvalue weighted by Gasteiger charge is -2.18. The Morgan fingerprint density at radius 2 is 0.518 bits per heavy atom. The zero-order chi connectivity index (χ0) is 59.9. The van der Waals surface area contributed by atoms with Gasteiger partial charge in [-0.1, -0.05) is 315 Å². The fraction of sp³-hybridized carbons (Fsp3) is 0.675. The Hall–Kier alpha value is -4.45. The summed E-state index contributed by atoms with van der Waals surface area (Å²) in [6, 6.07) is 0. The highest BCUT2D eigenvalue weighted by molar-refractivity contribution is 5.72. The van der Waals surface area contributed by atoms with Gasteiger partial charge in [-0.05, 0) is 116 Å². The number of carbonyl (C=O) groups excluding carboxylic acids is 3. The molecule has 0 aromatic rings. The lowest BCUT2D eigenvalue weighted by Crippen LogP contribution is -2.30. The molecule has 0 amide bonds. The molecule has 0 aromatic carbocycles. The molecule has 83 heavy (non-hydrogen) atoms. The van der Waals surface area contributed by atoms with E-state index >= 15 is 0 Å². The number of esters is 3. The molecule has 0 spiro atoms. The van der Waals surface area contributed by atoms with Crippen molar-refractivity contribution < 1.29 is 28.6 Å². The summed E-state index contributed by atoms with van der Waals surface area (Å²) < 4.78 is 16.8. The van der Waals surface area contributed by atoms with Gasteiger partial charge >= 0.3 is 17.9 Å². The smallest absolute Gasteiger partial charge is 0.309 e. The van der Waals surface area contributed by atoms with Crippen LogP contribution in [-0.4, -0.2) is 37.2 Å². The van der Waals surface area contributed by atoms with Crippen LogP contribution in [0.1, 0.15) is 316 Å². The molecule has 0 radical (unpaired) electrons. The normalized spacial score (nSPS) is 13.0. The Morgan fingerprint density at radius 1 is 0.265 bits per heavy atom. The van der Waals surface area contributed by atoms with Crippen LogP contribution >= 0.6 is 0 Å². The van der Waals surface area contributed by atoms with Gasteiger partial charge in [0.05, 0.1) is 6.42 Å². The van der Waals surface area contributed by atoms with Crippen molar-refractivity contribution in [3.05, 3.63) is 134 Å². The van der Waals surface area contributed by atoms with Crippen LogP contribution in [0.2, 0.25) is 0 Å². The van der Waals surface area contributed by atoms with Gasteiger partial charge in [0.2, 0.25) is 0 Å². The Labute approximate surface area is 513 Å². The van der Waals surface area contributed by atoms with Crippen LogP contribution in [-0.2, 0) is 28.6 Å². The fourth-order valence-corrected chi connectivity index (χ4v) is 9.54. The van der Waals surface area contributed by atoms with Crippen molar-refractivity contribution in [2.45, 2.75) is 322 Å². The molecule has 0 saturated carbocycles. The van der Waals surface area contributed by atoms with Crippen molar-refractivity contribution in [1.82, 2.24) is 0 Å². The van der Waals surface area contributed by atoms with Crippen LogP contribution < -0.4 is 0 Å². The molecule has 0 aliphatic heterocycles. The second-order valence-electron chi connectivity index (χ2n) is 22.7. The van der Waals surface area contributed by atoms with Crippen LogP contribution in [0.3, 0.4) is 0 Å². The molecule has 0 aliphatic rings. The number of unbranched alkanes of at least 4 members (excludes halogenated alkanes) is 30. The van der Waals surface area contributed by atoms with E-state index in [-0.39, 0.29) is 38.0 Å². The summed E-state index contributed by atoms with van der Waals surface area (Å²) in [6.07, 6.45) is 99.5. The van der Waals surface area contributed by atoms with Gasteiger partial charge in [-0.3, -0.25) is 14.4 Å². The molecule has 1 unspecified atom stereocenters. The highest BCUT2D eigenvalue weighted by atomic mass is 16.6. The molecular weight excluding hydrogens is 1020 g/mol. The van der Waals surface area contributed by atoms with Crippen LogP contribution in [0.15, 0.2) is 134 Å². The van der Waals surface area contributed by atoms with Gasteiger partial charge in [-0.25, -0.2) is 0 Å². The molecule has 0 aliphatic carbocycles. The molecule has 0 heterocycles. The Balaban J connectivity index is 4.33. The summed E-state index contributed by atoms with van der Waals surface area (Å²) in [5.74, 6) is -1.09. The number of rotatable bonds is 62. The Bertz CT molecular complexity index is 1750. The molecule has 6 heteroatoms. The second-order valence-corrected chi connectivity index (χ2v) is 22.7. The quantitative estimate of drug-likeness (QED) is 0.0261. The third-order valence-corrected chi connectivity index (χ3v) is 14.7. The Morgan fingerprint density at radius 3 is 0.867 bits per heavy atom. The van der Waals surface area contributed by atoms with Crippen molar-refractivity contribution in [1.29, 1.82) is 0 Å². The maximum Gasteiger partial charge on any atom is 0.309 e. The fourth-order valence-electron chi connectivity index (χ4n) is 9.54. The van der Waals surface area contributed by atoms with Crippen LogP contribution in [0.5, 0.6) is 0 Å². The van der Waals surface area contributed by atoms with E-state index in [0.29, 0.717) is 12.8 Å². The third-order valence-electron chi connectivity index (χ3n) is 14.7. The summed E-state index contributed by atoms with van der Waals surface area (Å²) in [5, 5.41) is 0. The van der Waals surface area contributed by atoms with Crippen LogP contribution in [0.4, 0.5) is 0 Å². The molecule has 0 bridgehead atoms. The first-order valence-electron chi connectivity index (χ1n) is 34.7. The first-order chi connectivity index (χ1) is 41.0. The second kappa shape index (κ2) is 70.0. The van der Waals surface area contributed by atoms with Crippen molar-refractivity contribution in [2.24, 2.45) is 0 Å². The monoisotopic (exact) mass is 1150 g/mol. The van der Waals surface area contributed by atoms with E-state index < -0.39 is 12.1 Å². The minimum atomic E-state index is -0.841. The van der Waals surface area contributed by atoms with E-state index in [0.717, 1.165) is 103 Å². The Kier molecular flexibility index (Phi) is 66.3. The van der Waals surface area contributed by atoms with Gasteiger partial charge in [0.25, 0.3) is 0 Å². The van der Waals surface area contributed by atoms with Crippen LogP contribution in [0, 0.1) is 0 Å². The van der Waals surface area contributed by atoms with Crippen LogP contribution in [0.25, 0.3) is 0 Å². The van der Waals surface area contributed by atoms with Gasteiger partial charge in [-0.15, -0.1) is 0 Å². The summed E-state index contributed by atoms with van der Waals surface area (Å²) in [5.41, 5.74) is 0. The van der Waals surface area contributed by atoms with Gasteiger partial charge < -0.3 is 14.2 Å². The standard InChI is InChI=1S/C77H128O6/c1-4-7-10-13-16-19-22-25-28-30-32-33-34-35-36-37-38-39-40-41-42-43-45-46-49-52-55-58-61-64-67-70-76(79)82-73-74(72-81-75(78)69-66-63-60-57-54-51-48-27-24-21-18-15-12-9-6-3)83-77(80)71-68-65-62-59-56-53-50-47-44-31-29-26-23-20-17-14-11-8-5-2/h8-9,11-12,17-18,20-21,26-27,29-30,32,44,47-48,53-54,56-57,63,66,74H,4-7,10,13-16,19,22-25,28,31,33-43,45-46,49-52,55,58-62,64-65,67-73H2,1-3H3/b11-8-,12-9-,20-17-,21-18-,29-26-,32-30-,47-44-,48-27-,56-53-,57-54-,66-63-. The molecule has 0 saturated heterocycles. The summed E-state index contributed by atoms with van der Waals surface area (Å²) in [7, 11) is 0. The number of ether oxygens (including phenoxy) is 3. The van der Waals surface area contributed by atoms with Gasteiger partial charge in [0, 0.05) is 12.8 Å². The van der Waals surface area contributed by atoms with Gasteiger partial charge in [0.1, 0.15) is 13.2 Å². The summed E-state index contributed by atoms with van der Waals surface area (Å²) in [4.78, 5) is 38.3. The number of carbonyl (C=O) groups is 3. The predicted octanol–water partition coefficient (Wildman–Crippen LogP) is 24.1. The number of hydrogen-bond acceptors (Lipinski definition) is 6. The molecule has 6 nitrogen and oxygen atoms in total. The van der Waals surface area contributed by atoms with Crippen molar-refractivity contribution in [3.63, 3.8) is 0 Å². The van der Waals surface area contributed by atoms with Crippen molar-refractivity contribution in [3.8, 4) is 0 Å². The highest BCUT2D eigenvalue weighted by Gasteiger charge is 2.19. The largest absolute Gasteiger partial charge is 0.462 e. The minimum absolute atomic E-state index is 0.116. The minimum Gasteiger partial charge on any atom is -0.462 e. The van der Waals surface area contributed by atoms with E-state index in [1.165, 1.54) is 167 Å².